The number of carbonyl (C=O) groups is 1. The van der Waals surface area contributed by atoms with Crippen LogP contribution in [0.1, 0.15) is 15.9 Å². The third-order valence-electron chi connectivity index (χ3n) is 3.92. The van der Waals surface area contributed by atoms with Gasteiger partial charge in [0, 0.05) is 26.3 Å². The van der Waals surface area contributed by atoms with Crippen molar-refractivity contribution >= 4 is 15.9 Å². The van der Waals surface area contributed by atoms with Gasteiger partial charge >= 0.3 is 0 Å². The lowest BCUT2D eigenvalue weighted by Gasteiger charge is -2.14. The molecule has 2 aromatic carbocycles. The van der Waals surface area contributed by atoms with E-state index >= 15 is 0 Å². The Kier molecular flexibility index (Phi) is 7.94. The number of rotatable bonds is 10. The molecule has 9 heteroatoms. The largest absolute Gasteiger partial charge is 0.491 e. The van der Waals surface area contributed by atoms with E-state index in [1.54, 1.807) is 13.2 Å². The van der Waals surface area contributed by atoms with Crippen LogP contribution in [0.5, 0.6) is 5.75 Å². The molecule has 0 bridgehead atoms. The Labute approximate surface area is 165 Å². The number of nitrogens with one attached hydrogen (secondary N) is 1. The van der Waals surface area contributed by atoms with E-state index in [-0.39, 0.29) is 16.4 Å². The molecular weight excluding hydrogens is 384 g/mol. The minimum atomic E-state index is -3.82. The van der Waals surface area contributed by atoms with Crippen LogP contribution in [0.4, 0.5) is 0 Å². The molecule has 2 aromatic rings. The molecule has 2 rings (SSSR count). The van der Waals surface area contributed by atoms with Gasteiger partial charge in [0.2, 0.25) is 0 Å². The number of hydrogen-bond donors (Lipinski definition) is 1. The Bertz CT molecular complexity index is 884. The molecule has 8 nitrogen and oxygen atoms in total. The fourth-order valence-electron chi connectivity index (χ4n) is 2.28. The summed E-state index contributed by atoms with van der Waals surface area (Å²) in [5.74, 6) is 0.338. The first-order valence-electron chi connectivity index (χ1n) is 8.50. The van der Waals surface area contributed by atoms with Crippen LogP contribution < -0.4 is 10.1 Å². The standard InChI is InChI=1S/C19H24N2O6S/c1-21(26-3)28(23,24)18-6-4-5-16(13-18)19(22)20-14-15-7-9-17(10-8-15)27-12-11-25-2/h4-10,13H,11-12,14H2,1-3H3,(H,20,22). The third kappa shape index (κ3) is 5.77. The number of sulfonamides is 1. The van der Waals surface area contributed by atoms with Crippen molar-refractivity contribution in [3.63, 3.8) is 0 Å². The fraction of sp³-hybridized carbons (Fsp3) is 0.316. The summed E-state index contributed by atoms with van der Waals surface area (Å²) in [6.07, 6.45) is 0. The van der Waals surface area contributed by atoms with Crippen LogP contribution in [0.3, 0.4) is 0 Å². The van der Waals surface area contributed by atoms with Crippen molar-refractivity contribution in [1.82, 2.24) is 9.79 Å². The zero-order chi connectivity index (χ0) is 20.6. The average molecular weight is 408 g/mol. The molecule has 0 unspecified atom stereocenters. The maximum atomic E-state index is 12.4. The number of hydrogen-bond acceptors (Lipinski definition) is 6. The molecule has 0 spiro atoms. The number of nitrogens with zero attached hydrogens (tertiary/aromatic N) is 1. The maximum absolute atomic E-state index is 12.4. The fourth-order valence-corrected chi connectivity index (χ4v) is 3.29. The SMILES string of the molecule is COCCOc1ccc(CNC(=O)c2cccc(S(=O)(=O)N(C)OC)c2)cc1. The van der Waals surface area contributed by atoms with Gasteiger partial charge in [-0.25, -0.2) is 8.42 Å². The van der Waals surface area contributed by atoms with Gasteiger partial charge in [-0.2, -0.15) is 0 Å². The smallest absolute Gasteiger partial charge is 0.264 e. The van der Waals surface area contributed by atoms with Gasteiger partial charge in [0.05, 0.1) is 18.6 Å². The first-order chi connectivity index (χ1) is 13.4. The molecule has 0 aliphatic carbocycles. The highest BCUT2D eigenvalue weighted by atomic mass is 32.2. The number of ether oxygens (including phenoxy) is 2. The summed E-state index contributed by atoms with van der Waals surface area (Å²) in [5, 5.41) is 2.77. The third-order valence-corrected chi connectivity index (χ3v) is 5.60. The number of amides is 1. The van der Waals surface area contributed by atoms with Crippen LogP contribution in [0, 0.1) is 0 Å². The van der Waals surface area contributed by atoms with E-state index in [0.717, 1.165) is 10.0 Å². The lowest BCUT2D eigenvalue weighted by atomic mass is 10.2. The molecule has 0 heterocycles. The minimum Gasteiger partial charge on any atom is -0.491 e. The van der Waals surface area contributed by atoms with Gasteiger partial charge in [-0.15, -0.1) is 0 Å². The maximum Gasteiger partial charge on any atom is 0.264 e. The Morgan fingerprint density at radius 2 is 1.79 bits per heavy atom. The zero-order valence-corrected chi connectivity index (χ0v) is 16.9. The first-order valence-corrected chi connectivity index (χ1v) is 9.94. The van der Waals surface area contributed by atoms with Gasteiger partial charge in [0.1, 0.15) is 12.4 Å². The Hall–Kier alpha value is -2.46. The molecule has 1 amide bonds. The molecule has 28 heavy (non-hydrogen) atoms. The summed E-state index contributed by atoms with van der Waals surface area (Å²) in [6, 6.07) is 13.1. The van der Waals surface area contributed by atoms with Crippen molar-refractivity contribution < 1.29 is 27.5 Å². The van der Waals surface area contributed by atoms with Gasteiger partial charge in [0.15, 0.2) is 0 Å². The molecular formula is C19H24N2O6S. The normalized spacial score (nSPS) is 11.4. The van der Waals surface area contributed by atoms with Crippen LogP contribution >= 0.6 is 0 Å². The Morgan fingerprint density at radius 3 is 2.43 bits per heavy atom. The molecule has 0 fully saturated rings. The predicted octanol–water partition coefficient (Wildman–Crippen LogP) is 1.82. The monoisotopic (exact) mass is 408 g/mol. The molecule has 0 radical (unpaired) electrons. The van der Waals surface area contributed by atoms with E-state index in [9.17, 15) is 13.2 Å². The number of benzene rings is 2. The highest BCUT2D eigenvalue weighted by Gasteiger charge is 2.21. The summed E-state index contributed by atoms with van der Waals surface area (Å²) in [6.45, 7) is 1.27. The van der Waals surface area contributed by atoms with Gasteiger partial charge in [0.25, 0.3) is 15.9 Å². The van der Waals surface area contributed by atoms with E-state index in [1.165, 1.54) is 32.4 Å². The summed E-state index contributed by atoms with van der Waals surface area (Å²) >= 11 is 0. The molecule has 0 aliphatic heterocycles. The highest BCUT2D eigenvalue weighted by Crippen LogP contribution is 2.16. The second kappa shape index (κ2) is 10.2. The van der Waals surface area contributed by atoms with Crippen molar-refractivity contribution in [1.29, 1.82) is 0 Å². The lowest BCUT2D eigenvalue weighted by molar-refractivity contribution is -0.0258. The van der Waals surface area contributed by atoms with Crippen molar-refractivity contribution in [3.05, 3.63) is 59.7 Å². The molecule has 1 N–H and O–H groups in total. The van der Waals surface area contributed by atoms with Crippen LogP contribution in [-0.4, -0.2) is 53.3 Å². The number of hydroxylamine groups is 1. The van der Waals surface area contributed by atoms with Gasteiger partial charge in [-0.05, 0) is 35.9 Å². The van der Waals surface area contributed by atoms with Crippen molar-refractivity contribution in [3.8, 4) is 5.75 Å². The van der Waals surface area contributed by atoms with Gasteiger partial charge in [-0.1, -0.05) is 22.7 Å². The van der Waals surface area contributed by atoms with E-state index < -0.39 is 10.0 Å². The Morgan fingerprint density at radius 1 is 1.07 bits per heavy atom. The quantitative estimate of drug-likeness (QED) is 0.476. The molecule has 0 saturated heterocycles. The topological polar surface area (TPSA) is 94.2 Å². The molecule has 152 valence electrons. The van der Waals surface area contributed by atoms with Crippen molar-refractivity contribution in [2.75, 3.05) is 34.5 Å². The minimum absolute atomic E-state index is 0.0259. The van der Waals surface area contributed by atoms with Crippen LogP contribution in [0.15, 0.2) is 53.4 Å². The van der Waals surface area contributed by atoms with Crippen molar-refractivity contribution in [2.45, 2.75) is 11.4 Å². The second-order valence-corrected chi connectivity index (χ2v) is 7.73. The number of methoxy groups -OCH3 is 1. The molecule has 0 aromatic heterocycles. The predicted molar refractivity (Wildman–Crippen MR) is 103 cm³/mol. The molecule has 0 saturated carbocycles. The average Bonchev–Trinajstić information content (AvgIpc) is 2.72. The van der Waals surface area contributed by atoms with E-state index in [0.29, 0.717) is 25.5 Å². The molecule has 0 aliphatic rings. The summed E-state index contributed by atoms with van der Waals surface area (Å²) < 4.78 is 35.7. The van der Waals surface area contributed by atoms with Gasteiger partial charge in [-0.3, -0.25) is 9.63 Å². The van der Waals surface area contributed by atoms with Crippen LogP contribution in [0.25, 0.3) is 0 Å². The van der Waals surface area contributed by atoms with E-state index in [1.807, 2.05) is 24.3 Å². The lowest BCUT2D eigenvalue weighted by Crippen LogP contribution is -2.27. The first kappa shape index (κ1) is 21.8. The van der Waals surface area contributed by atoms with E-state index in [4.69, 9.17) is 14.3 Å². The second-order valence-electron chi connectivity index (χ2n) is 5.79. The summed E-state index contributed by atoms with van der Waals surface area (Å²) in [5.41, 5.74) is 1.13. The van der Waals surface area contributed by atoms with Crippen LogP contribution in [-0.2, 0) is 26.1 Å². The summed E-state index contributed by atoms with van der Waals surface area (Å²) in [7, 11) is 0.323. The highest BCUT2D eigenvalue weighted by molar-refractivity contribution is 7.89. The van der Waals surface area contributed by atoms with E-state index in [2.05, 4.69) is 5.32 Å². The number of carbonyl (C=O) groups excluding carboxylic acids is 1. The van der Waals surface area contributed by atoms with Gasteiger partial charge < -0.3 is 14.8 Å². The van der Waals surface area contributed by atoms with Crippen molar-refractivity contribution in [2.24, 2.45) is 0 Å². The van der Waals surface area contributed by atoms with Crippen LogP contribution in [0.2, 0.25) is 0 Å². The molecule has 0 atom stereocenters. The zero-order valence-electron chi connectivity index (χ0n) is 16.0. The summed E-state index contributed by atoms with van der Waals surface area (Å²) in [4.78, 5) is 17.1. The Balaban J connectivity index is 1.99.